The second-order valence-corrected chi connectivity index (χ2v) is 9.00. The van der Waals surface area contributed by atoms with E-state index in [1.54, 1.807) is 0 Å². The molecule has 1 aromatic heterocycles. The van der Waals surface area contributed by atoms with E-state index in [0.29, 0.717) is 17.6 Å². The number of benzene rings is 1. The van der Waals surface area contributed by atoms with Crippen molar-refractivity contribution < 1.29 is 22.4 Å². The molecule has 0 bridgehead atoms. The molecule has 1 aromatic carbocycles. The summed E-state index contributed by atoms with van der Waals surface area (Å²) in [5.41, 5.74) is 3.04. The van der Waals surface area contributed by atoms with Crippen LogP contribution in [0.2, 0.25) is 0 Å². The van der Waals surface area contributed by atoms with Crippen molar-refractivity contribution in [1.82, 2.24) is 0 Å². The first-order valence-electron chi connectivity index (χ1n) is 8.37. The van der Waals surface area contributed by atoms with Gasteiger partial charge in [0.05, 0.1) is 17.4 Å². The standard InChI is InChI=1S/C18H18O6S/c19-17-8-14(9-23-18(20)13-4-5-25(21,22)10-13)15-6-11-2-1-3-12(11)7-16(15)24-17/h6-8,13H,1-5,9-10H2/t13-/m0/s1. The molecule has 0 spiro atoms. The Hall–Kier alpha value is -2.15. The zero-order chi connectivity index (χ0) is 17.6. The SMILES string of the molecule is O=C(OCc1cc(=O)oc2cc3c(cc12)CCC3)[C@H]1CCS(=O)(=O)C1. The summed E-state index contributed by atoms with van der Waals surface area (Å²) < 4.78 is 33.6. The number of sulfone groups is 1. The molecule has 7 heteroatoms. The lowest BCUT2D eigenvalue weighted by Gasteiger charge is -2.11. The lowest BCUT2D eigenvalue weighted by Crippen LogP contribution is -2.19. The van der Waals surface area contributed by atoms with E-state index in [1.807, 2.05) is 12.1 Å². The maximum Gasteiger partial charge on any atom is 0.336 e. The predicted octanol–water partition coefficient (Wildman–Crippen LogP) is 1.76. The lowest BCUT2D eigenvalue weighted by atomic mass is 10.0. The summed E-state index contributed by atoms with van der Waals surface area (Å²) in [6.07, 6.45) is 3.34. The molecule has 1 atom stereocenters. The Bertz CT molecular complexity index is 1020. The van der Waals surface area contributed by atoms with E-state index < -0.39 is 27.4 Å². The Balaban J connectivity index is 1.59. The van der Waals surface area contributed by atoms with Crippen molar-refractivity contribution in [1.29, 1.82) is 0 Å². The van der Waals surface area contributed by atoms with E-state index in [4.69, 9.17) is 9.15 Å². The van der Waals surface area contributed by atoms with Crippen molar-refractivity contribution in [3.63, 3.8) is 0 Å². The lowest BCUT2D eigenvalue weighted by molar-refractivity contribution is -0.148. The van der Waals surface area contributed by atoms with Gasteiger partial charge < -0.3 is 9.15 Å². The van der Waals surface area contributed by atoms with Crippen LogP contribution in [0.15, 0.2) is 27.4 Å². The molecule has 1 fully saturated rings. The largest absolute Gasteiger partial charge is 0.461 e. The van der Waals surface area contributed by atoms with Crippen LogP contribution in [0.3, 0.4) is 0 Å². The van der Waals surface area contributed by atoms with Gasteiger partial charge in [0.15, 0.2) is 9.84 Å². The number of rotatable bonds is 3. The molecule has 6 nitrogen and oxygen atoms in total. The highest BCUT2D eigenvalue weighted by Gasteiger charge is 2.34. The average Bonchev–Trinajstić information content (AvgIpc) is 3.15. The van der Waals surface area contributed by atoms with E-state index in [2.05, 4.69) is 0 Å². The van der Waals surface area contributed by atoms with Gasteiger partial charge in [-0.05, 0) is 48.9 Å². The summed E-state index contributed by atoms with van der Waals surface area (Å²) >= 11 is 0. The van der Waals surface area contributed by atoms with Gasteiger partial charge in [-0.2, -0.15) is 0 Å². The van der Waals surface area contributed by atoms with Crippen LogP contribution in [0.5, 0.6) is 0 Å². The normalized spacial score (nSPS) is 21.4. The maximum absolute atomic E-state index is 12.1. The quantitative estimate of drug-likeness (QED) is 0.610. The fourth-order valence-electron chi connectivity index (χ4n) is 3.66. The molecule has 0 radical (unpaired) electrons. The highest BCUT2D eigenvalue weighted by molar-refractivity contribution is 7.91. The first-order valence-corrected chi connectivity index (χ1v) is 10.2. The van der Waals surface area contributed by atoms with Crippen LogP contribution in [0.4, 0.5) is 0 Å². The zero-order valence-corrected chi connectivity index (χ0v) is 14.4. The molecule has 25 heavy (non-hydrogen) atoms. The Labute approximate surface area is 144 Å². The van der Waals surface area contributed by atoms with Gasteiger partial charge in [-0.25, -0.2) is 13.2 Å². The Morgan fingerprint density at radius 1 is 1.20 bits per heavy atom. The third-order valence-corrected chi connectivity index (χ3v) is 6.75. The van der Waals surface area contributed by atoms with Crippen molar-refractivity contribution >= 4 is 26.8 Å². The number of esters is 1. The van der Waals surface area contributed by atoms with Gasteiger partial charge >= 0.3 is 11.6 Å². The smallest absolute Gasteiger partial charge is 0.336 e. The maximum atomic E-state index is 12.1. The van der Waals surface area contributed by atoms with Crippen LogP contribution in [0, 0.1) is 5.92 Å². The molecule has 0 N–H and O–H groups in total. The molecule has 1 saturated heterocycles. The van der Waals surface area contributed by atoms with Gasteiger partial charge in [-0.1, -0.05) is 0 Å². The van der Waals surface area contributed by atoms with E-state index in [0.717, 1.165) is 24.6 Å². The molecule has 1 aliphatic carbocycles. The van der Waals surface area contributed by atoms with Crippen molar-refractivity contribution in [3.05, 3.63) is 45.3 Å². The molecule has 1 aliphatic heterocycles. The molecule has 132 valence electrons. The summed E-state index contributed by atoms with van der Waals surface area (Å²) in [6.45, 7) is -0.0593. The molecule has 0 amide bonds. The minimum Gasteiger partial charge on any atom is -0.461 e. The van der Waals surface area contributed by atoms with Crippen LogP contribution in [0.1, 0.15) is 29.5 Å². The molecule has 2 aliphatic rings. The van der Waals surface area contributed by atoms with Gasteiger partial charge in [-0.3, -0.25) is 4.79 Å². The predicted molar refractivity (Wildman–Crippen MR) is 91.1 cm³/mol. The molecule has 2 heterocycles. The third-order valence-electron chi connectivity index (χ3n) is 4.98. The number of hydrogen-bond donors (Lipinski definition) is 0. The molecular weight excluding hydrogens is 344 g/mol. The van der Waals surface area contributed by atoms with Crippen molar-refractivity contribution in [2.24, 2.45) is 5.92 Å². The first-order chi connectivity index (χ1) is 11.9. The summed E-state index contributed by atoms with van der Waals surface area (Å²) in [4.78, 5) is 23.9. The third kappa shape index (κ3) is 3.20. The zero-order valence-electron chi connectivity index (χ0n) is 13.6. The van der Waals surface area contributed by atoms with Crippen molar-refractivity contribution in [2.45, 2.75) is 32.3 Å². The van der Waals surface area contributed by atoms with Crippen LogP contribution in [-0.2, 0) is 38.8 Å². The van der Waals surface area contributed by atoms with Gasteiger partial charge in [0.1, 0.15) is 12.2 Å². The number of ether oxygens (including phenoxy) is 1. The fourth-order valence-corrected chi connectivity index (χ4v) is 5.39. The Morgan fingerprint density at radius 3 is 2.68 bits per heavy atom. The Morgan fingerprint density at radius 2 is 1.96 bits per heavy atom. The highest BCUT2D eigenvalue weighted by Crippen LogP contribution is 2.29. The first kappa shape index (κ1) is 16.3. The number of carbonyl (C=O) groups is 1. The van der Waals surface area contributed by atoms with Crippen LogP contribution in [-0.4, -0.2) is 25.9 Å². The molecule has 0 unspecified atom stereocenters. The monoisotopic (exact) mass is 362 g/mol. The van der Waals surface area contributed by atoms with Gasteiger partial charge in [0.2, 0.25) is 0 Å². The van der Waals surface area contributed by atoms with Crippen molar-refractivity contribution in [2.75, 3.05) is 11.5 Å². The summed E-state index contributed by atoms with van der Waals surface area (Å²) in [5.74, 6) is -1.27. The second kappa shape index (κ2) is 5.98. The summed E-state index contributed by atoms with van der Waals surface area (Å²) in [7, 11) is -3.14. The summed E-state index contributed by atoms with van der Waals surface area (Å²) in [5, 5.41) is 0.770. The minimum absolute atomic E-state index is 0.0246. The molecular formula is C18H18O6S. The van der Waals surface area contributed by atoms with Gasteiger partial charge in [-0.15, -0.1) is 0 Å². The molecule has 0 saturated carbocycles. The van der Waals surface area contributed by atoms with Gasteiger partial charge in [0.25, 0.3) is 0 Å². The van der Waals surface area contributed by atoms with Crippen LogP contribution < -0.4 is 5.63 Å². The van der Waals surface area contributed by atoms with E-state index in [-0.39, 0.29) is 18.1 Å². The second-order valence-electron chi connectivity index (χ2n) is 6.77. The van der Waals surface area contributed by atoms with E-state index >= 15 is 0 Å². The van der Waals surface area contributed by atoms with Crippen LogP contribution >= 0.6 is 0 Å². The number of carbonyl (C=O) groups excluding carboxylic acids is 1. The van der Waals surface area contributed by atoms with Crippen LogP contribution in [0.25, 0.3) is 11.0 Å². The molecule has 2 aromatic rings. The number of fused-ring (bicyclic) bond motifs is 2. The minimum atomic E-state index is -3.14. The average molecular weight is 362 g/mol. The van der Waals surface area contributed by atoms with E-state index in [1.165, 1.54) is 17.2 Å². The highest BCUT2D eigenvalue weighted by atomic mass is 32.2. The number of hydrogen-bond acceptors (Lipinski definition) is 6. The topological polar surface area (TPSA) is 90.7 Å². The summed E-state index contributed by atoms with van der Waals surface area (Å²) in [6, 6.07) is 5.24. The number of aryl methyl sites for hydroxylation is 2. The van der Waals surface area contributed by atoms with Gasteiger partial charge in [0, 0.05) is 17.0 Å². The fraction of sp³-hybridized carbons (Fsp3) is 0.444. The Kier molecular flexibility index (Phi) is 3.91. The van der Waals surface area contributed by atoms with Crippen molar-refractivity contribution in [3.8, 4) is 0 Å². The van der Waals surface area contributed by atoms with E-state index in [9.17, 15) is 18.0 Å². The molecule has 4 rings (SSSR count).